The van der Waals surface area contributed by atoms with E-state index >= 15 is 0 Å². The van der Waals surface area contributed by atoms with Crippen molar-refractivity contribution >= 4 is 10.9 Å². The molecule has 0 amide bonds. The molecule has 1 aliphatic heterocycles. The van der Waals surface area contributed by atoms with Crippen molar-refractivity contribution in [1.82, 2.24) is 20.3 Å². The van der Waals surface area contributed by atoms with E-state index in [9.17, 15) is 0 Å². The molecule has 1 aromatic carbocycles. The number of nitrogens with zero attached hydrogens (tertiary/aromatic N) is 2. The minimum absolute atomic E-state index is 0.377. The fourth-order valence-electron chi connectivity index (χ4n) is 2.93. The van der Waals surface area contributed by atoms with Crippen molar-refractivity contribution in [2.45, 2.75) is 18.9 Å². The van der Waals surface area contributed by atoms with E-state index in [-0.39, 0.29) is 0 Å². The first-order valence-electron chi connectivity index (χ1n) is 7.03. The molecule has 0 aliphatic carbocycles. The van der Waals surface area contributed by atoms with Gasteiger partial charge in [-0.3, -0.25) is 0 Å². The summed E-state index contributed by atoms with van der Waals surface area (Å²) in [6.07, 6.45) is 6.08. The van der Waals surface area contributed by atoms with Crippen molar-refractivity contribution < 1.29 is 0 Å². The molecular formula is C16H16N4. The second kappa shape index (κ2) is 4.72. The number of H-pyrrole nitrogens is 1. The van der Waals surface area contributed by atoms with Gasteiger partial charge in [-0.1, -0.05) is 18.2 Å². The lowest BCUT2D eigenvalue weighted by molar-refractivity contribution is 0.626. The molecule has 0 bridgehead atoms. The number of hydrogen-bond donors (Lipinski definition) is 2. The van der Waals surface area contributed by atoms with Crippen LogP contribution in [-0.2, 0) is 0 Å². The van der Waals surface area contributed by atoms with Crippen LogP contribution in [0.5, 0.6) is 0 Å². The number of aromatic nitrogens is 3. The molecule has 4 nitrogen and oxygen atoms in total. The van der Waals surface area contributed by atoms with Gasteiger partial charge in [0.05, 0.1) is 11.4 Å². The van der Waals surface area contributed by atoms with Crippen molar-refractivity contribution in [3.63, 3.8) is 0 Å². The standard InChI is InChI=1S/C16H16N4/c1-2-5-13-11(4-1)12(9-18-13)15-8-16(20-10-19-15)14-6-3-7-17-14/h1-2,4-5,8-10,14,17-18H,3,6-7H2/t14-/m0/s1. The minimum Gasteiger partial charge on any atom is -0.360 e. The summed E-state index contributed by atoms with van der Waals surface area (Å²) in [4.78, 5) is 12.2. The normalized spacial score (nSPS) is 18.7. The maximum atomic E-state index is 4.44. The Kier molecular flexibility index (Phi) is 2.74. The Bertz CT molecular complexity index is 741. The molecule has 3 aromatic rings. The molecule has 0 unspecified atom stereocenters. The largest absolute Gasteiger partial charge is 0.360 e. The van der Waals surface area contributed by atoms with E-state index < -0.39 is 0 Å². The van der Waals surface area contributed by atoms with Crippen LogP contribution in [0.1, 0.15) is 24.6 Å². The second-order valence-electron chi connectivity index (χ2n) is 5.22. The highest BCUT2D eigenvalue weighted by Crippen LogP contribution is 2.29. The molecule has 1 atom stereocenters. The Balaban J connectivity index is 1.80. The van der Waals surface area contributed by atoms with Gasteiger partial charge >= 0.3 is 0 Å². The molecule has 1 aliphatic rings. The summed E-state index contributed by atoms with van der Waals surface area (Å²) in [7, 11) is 0. The first kappa shape index (κ1) is 11.6. The summed E-state index contributed by atoms with van der Waals surface area (Å²) >= 11 is 0. The lowest BCUT2D eigenvalue weighted by Crippen LogP contribution is -2.14. The number of nitrogens with one attached hydrogen (secondary N) is 2. The third-order valence-corrected chi connectivity index (χ3v) is 3.97. The van der Waals surface area contributed by atoms with Gasteiger partial charge in [0.2, 0.25) is 0 Å². The van der Waals surface area contributed by atoms with Crippen molar-refractivity contribution in [2.24, 2.45) is 0 Å². The molecule has 20 heavy (non-hydrogen) atoms. The number of hydrogen-bond acceptors (Lipinski definition) is 3. The Hall–Kier alpha value is -2.20. The van der Waals surface area contributed by atoms with Gasteiger partial charge in [-0.25, -0.2) is 9.97 Å². The highest BCUT2D eigenvalue weighted by molar-refractivity contribution is 5.94. The number of fused-ring (bicyclic) bond motifs is 1. The van der Waals surface area contributed by atoms with Gasteiger partial charge < -0.3 is 10.3 Å². The van der Waals surface area contributed by atoms with Gasteiger partial charge in [0, 0.05) is 28.7 Å². The smallest absolute Gasteiger partial charge is 0.116 e. The van der Waals surface area contributed by atoms with Crippen molar-refractivity contribution in [2.75, 3.05) is 6.54 Å². The van der Waals surface area contributed by atoms with E-state index in [0.717, 1.165) is 35.4 Å². The van der Waals surface area contributed by atoms with Crippen molar-refractivity contribution in [3.8, 4) is 11.3 Å². The fourth-order valence-corrected chi connectivity index (χ4v) is 2.93. The van der Waals surface area contributed by atoms with Crippen LogP contribution in [0.4, 0.5) is 0 Å². The van der Waals surface area contributed by atoms with E-state index in [1.54, 1.807) is 6.33 Å². The minimum atomic E-state index is 0.377. The third-order valence-electron chi connectivity index (χ3n) is 3.97. The van der Waals surface area contributed by atoms with Crippen LogP contribution in [0.2, 0.25) is 0 Å². The third kappa shape index (κ3) is 1.89. The first-order valence-corrected chi connectivity index (χ1v) is 7.03. The van der Waals surface area contributed by atoms with Gasteiger partial charge in [0.25, 0.3) is 0 Å². The Morgan fingerprint density at radius 2 is 2.10 bits per heavy atom. The monoisotopic (exact) mass is 264 g/mol. The van der Waals surface area contributed by atoms with Gasteiger partial charge in [-0.05, 0) is 31.5 Å². The van der Waals surface area contributed by atoms with Gasteiger partial charge in [0.15, 0.2) is 0 Å². The van der Waals surface area contributed by atoms with Crippen LogP contribution in [0.3, 0.4) is 0 Å². The Morgan fingerprint density at radius 1 is 1.15 bits per heavy atom. The van der Waals surface area contributed by atoms with Crippen LogP contribution in [0.25, 0.3) is 22.2 Å². The van der Waals surface area contributed by atoms with E-state index in [2.05, 4.69) is 44.5 Å². The molecule has 2 aromatic heterocycles. The summed E-state index contributed by atoms with van der Waals surface area (Å²) in [5.74, 6) is 0. The van der Waals surface area contributed by atoms with Crippen LogP contribution in [0.15, 0.2) is 42.9 Å². The molecule has 3 heterocycles. The predicted octanol–water partition coefficient (Wildman–Crippen LogP) is 3.05. The average molecular weight is 264 g/mol. The van der Waals surface area contributed by atoms with Crippen LogP contribution < -0.4 is 5.32 Å². The molecule has 0 spiro atoms. The quantitative estimate of drug-likeness (QED) is 0.748. The molecule has 4 heteroatoms. The van der Waals surface area contributed by atoms with Gasteiger partial charge in [0.1, 0.15) is 6.33 Å². The molecule has 2 N–H and O–H groups in total. The molecule has 0 saturated carbocycles. The summed E-state index contributed by atoms with van der Waals surface area (Å²) in [6, 6.07) is 10.8. The number of para-hydroxylation sites is 1. The summed E-state index contributed by atoms with van der Waals surface area (Å²) in [6.45, 7) is 1.08. The van der Waals surface area contributed by atoms with Crippen LogP contribution >= 0.6 is 0 Å². The van der Waals surface area contributed by atoms with Crippen LogP contribution in [-0.4, -0.2) is 21.5 Å². The zero-order valence-electron chi connectivity index (χ0n) is 11.1. The zero-order chi connectivity index (χ0) is 13.4. The Labute approximate surface area is 117 Å². The highest BCUT2D eigenvalue weighted by Gasteiger charge is 2.18. The van der Waals surface area contributed by atoms with E-state index in [4.69, 9.17) is 0 Å². The van der Waals surface area contributed by atoms with E-state index in [1.807, 2.05) is 12.3 Å². The maximum Gasteiger partial charge on any atom is 0.116 e. The lowest BCUT2D eigenvalue weighted by atomic mass is 10.1. The molecule has 1 fully saturated rings. The fraction of sp³-hybridized carbons (Fsp3) is 0.250. The number of rotatable bonds is 2. The molecule has 0 radical (unpaired) electrons. The van der Waals surface area contributed by atoms with Crippen LogP contribution in [0, 0.1) is 0 Å². The van der Waals surface area contributed by atoms with E-state index in [1.165, 1.54) is 11.8 Å². The topological polar surface area (TPSA) is 53.6 Å². The maximum absolute atomic E-state index is 4.44. The predicted molar refractivity (Wildman–Crippen MR) is 79.3 cm³/mol. The number of aromatic amines is 1. The first-order chi connectivity index (χ1) is 9.92. The summed E-state index contributed by atoms with van der Waals surface area (Å²) < 4.78 is 0. The molecule has 100 valence electrons. The lowest BCUT2D eigenvalue weighted by Gasteiger charge is -2.10. The van der Waals surface area contributed by atoms with Crippen molar-refractivity contribution in [3.05, 3.63) is 48.5 Å². The Morgan fingerprint density at radius 3 is 3.00 bits per heavy atom. The number of benzene rings is 1. The molecule has 1 saturated heterocycles. The zero-order valence-corrected chi connectivity index (χ0v) is 11.1. The summed E-state index contributed by atoms with van der Waals surface area (Å²) in [5.41, 5.74) is 4.36. The van der Waals surface area contributed by atoms with E-state index in [0.29, 0.717) is 6.04 Å². The summed E-state index contributed by atoms with van der Waals surface area (Å²) in [5, 5.41) is 4.69. The van der Waals surface area contributed by atoms with Crippen molar-refractivity contribution in [1.29, 1.82) is 0 Å². The van der Waals surface area contributed by atoms with Gasteiger partial charge in [-0.2, -0.15) is 0 Å². The molecule has 4 rings (SSSR count). The SMILES string of the molecule is c1ccc2c(-c3cc([C@@H]4CCCN4)ncn3)c[nH]c2c1. The highest BCUT2D eigenvalue weighted by atomic mass is 15.0. The second-order valence-corrected chi connectivity index (χ2v) is 5.22. The van der Waals surface area contributed by atoms with Gasteiger partial charge in [-0.15, -0.1) is 0 Å². The average Bonchev–Trinajstić information content (AvgIpc) is 3.17. The molecular weight excluding hydrogens is 248 g/mol.